The van der Waals surface area contributed by atoms with Crippen LogP contribution >= 0.6 is 0 Å². The standard InChI is InChI=1S/C14H17NO2/c1-3-17-10(2)14(16)13-6-4-5-11-9-15-8-7-12(11)13/h4-10,14,16H,3H2,1-2H3. The molecule has 0 aliphatic rings. The molecule has 3 heteroatoms. The molecule has 0 saturated carbocycles. The van der Waals surface area contributed by atoms with Gasteiger partial charge in [0.15, 0.2) is 0 Å². The Morgan fingerprint density at radius 3 is 2.94 bits per heavy atom. The maximum absolute atomic E-state index is 10.3. The fraction of sp³-hybridized carbons (Fsp3) is 0.357. The Balaban J connectivity index is 2.41. The number of aromatic nitrogens is 1. The fourth-order valence-electron chi connectivity index (χ4n) is 2.01. The quantitative estimate of drug-likeness (QED) is 0.879. The maximum atomic E-state index is 10.3. The van der Waals surface area contributed by atoms with Crippen LogP contribution in [0.25, 0.3) is 10.8 Å². The van der Waals surface area contributed by atoms with Crippen molar-refractivity contribution in [2.75, 3.05) is 6.61 Å². The third kappa shape index (κ3) is 2.46. The number of hydrogen-bond acceptors (Lipinski definition) is 3. The summed E-state index contributed by atoms with van der Waals surface area (Å²) in [4.78, 5) is 4.08. The second kappa shape index (κ2) is 5.25. The first-order valence-electron chi connectivity index (χ1n) is 5.86. The summed E-state index contributed by atoms with van der Waals surface area (Å²) in [6.07, 6.45) is 2.72. The van der Waals surface area contributed by atoms with E-state index in [2.05, 4.69) is 4.98 Å². The second-order valence-electron chi connectivity index (χ2n) is 4.05. The molecule has 0 amide bonds. The van der Waals surface area contributed by atoms with Crippen LogP contribution in [0, 0.1) is 0 Å². The van der Waals surface area contributed by atoms with Gasteiger partial charge in [-0.15, -0.1) is 0 Å². The van der Waals surface area contributed by atoms with E-state index in [1.807, 2.05) is 38.1 Å². The van der Waals surface area contributed by atoms with Crippen molar-refractivity contribution in [2.45, 2.75) is 26.1 Å². The van der Waals surface area contributed by atoms with E-state index < -0.39 is 6.10 Å². The summed E-state index contributed by atoms with van der Waals surface area (Å²) in [5.74, 6) is 0. The molecule has 0 fully saturated rings. The Bertz CT molecular complexity index is 493. The molecule has 0 aliphatic heterocycles. The van der Waals surface area contributed by atoms with E-state index >= 15 is 0 Å². The minimum Gasteiger partial charge on any atom is -0.386 e. The van der Waals surface area contributed by atoms with E-state index in [9.17, 15) is 5.11 Å². The highest BCUT2D eigenvalue weighted by molar-refractivity contribution is 5.85. The summed E-state index contributed by atoms with van der Waals surface area (Å²) in [7, 11) is 0. The number of fused-ring (bicyclic) bond motifs is 1. The second-order valence-corrected chi connectivity index (χ2v) is 4.05. The molecule has 2 unspecified atom stereocenters. The van der Waals surface area contributed by atoms with Crippen molar-refractivity contribution in [1.82, 2.24) is 4.98 Å². The van der Waals surface area contributed by atoms with Gasteiger partial charge < -0.3 is 9.84 Å². The molecule has 0 bridgehead atoms. The Kier molecular flexibility index (Phi) is 3.71. The van der Waals surface area contributed by atoms with Crippen LogP contribution in [-0.2, 0) is 4.74 Å². The van der Waals surface area contributed by atoms with Gasteiger partial charge in [0.1, 0.15) is 6.10 Å². The molecule has 1 N–H and O–H groups in total. The van der Waals surface area contributed by atoms with Gasteiger partial charge in [0.05, 0.1) is 6.10 Å². The van der Waals surface area contributed by atoms with Crippen LogP contribution in [0.5, 0.6) is 0 Å². The lowest BCUT2D eigenvalue weighted by Gasteiger charge is -2.20. The van der Waals surface area contributed by atoms with Crippen LogP contribution in [0.3, 0.4) is 0 Å². The molecule has 1 aromatic carbocycles. The molecule has 0 spiro atoms. The van der Waals surface area contributed by atoms with E-state index in [1.165, 1.54) is 0 Å². The number of benzene rings is 1. The van der Waals surface area contributed by atoms with Crippen molar-refractivity contribution in [2.24, 2.45) is 0 Å². The van der Waals surface area contributed by atoms with Gasteiger partial charge in [-0.2, -0.15) is 0 Å². The molecular weight excluding hydrogens is 214 g/mol. The normalized spacial score (nSPS) is 14.8. The van der Waals surface area contributed by atoms with Gasteiger partial charge in [0.25, 0.3) is 0 Å². The number of pyridine rings is 1. The number of hydrogen-bond donors (Lipinski definition) is 1. The Morgan fingerprint density at radius 2 is 2.18 bits per heavy atom. The Morgan fingerprint density at radius 1 is 1.35 bits per heavy atom. The largest absolute Gasteiger partial charge is 0.386 e. The molecule has 0 saturated heterocycles. The molecule has 2 atom stereocenters. The van der Waals surface area contributed by atoms with Crippen LogP contribution in [-0.4, -0.2) is 22.8 Å². The average Bonchev–Trinajstić information content (AvgIpc) is 2.37. The monoisotopic (exact) mass is 231 g/mol. The fourth-order valence-corrected chi connectivity index (χ4v) is 2.01. The molecule has 17 heavy (non-hydrogen) atoms. The highest BCUT2D eigenvalue weighted by atomic mass is 16.5. The molecule has 1 aromatic heterocycles. The molecular formula is C14H17NO2. The molecule has 2 aromatic rings. The highest BCUT2D eigenvalue weighted by Gasteiger charge is 2.18. The lowest BCUT2D eigenvalue weighted by molar-refractivity contribution is -0.0221. The van der Waals surface area contributed by atoms with Gasteiger partial charge >= 0.3 is 0 Å². The zero-order chi connectivity index (χ0) is 12.3. The van der Waals surface area contributed by atoms with Crippen molar-refractivity contribution in [1.29, 1.82) is 0 Å². The summed E-state index contributed by atoms with van der Waals surface area (Å²) in [5.41, 5.74) is 0.894. The third-order valence-corrected chi connectivity index (χ3v) is 2.91. The van der Waals surface area contributed by atoms with Crippen molar-refractivity contribution >= 4 is 10.8 Å². The number of aliphatic hydroxyl groups excluding tert-OH is 1. The van der Waals surface area contributed by atoms with Gasteiger partial charge in [0, 0.05) is 24.4 Å². The lowest BCUT2D eigenvalue weighted by Crippen LogP contribution is -2.18. The molecule has 0 radical (unpaired) electrons. The minimum absolute atomic E-state index is 0.209. The number of nitrogens with zero attached hydrogens (tertiary/aromatic N) is 1. The van der Waals surface area contributed by atoms with Crippen molar-refractivity contribution in [3.05, 3.63) is 42.2 Å². The van der Waals surface area contributed by atoms with Crippen molar-refractivity contribution in [3.8, 4) is 0 Å². The van der Waals surface area contributed by atoms with Crippen molar-refractivity contribution in [3.63, 3.8) is 0 Å². The van der Waals surface area contributed by atoms with Crippen LogP contribution in [0.1, 0.15) is 25.5 Å². The summed E-state index contributed by atoms with van der Waals surface area (Å²) < 4.78 is 5.44. The number of rotatable bonds is 4. The van der Waals surface area contributed by atoms with E-state index in [0.717, 1.165) is 16.3 Å². The topological polar surface area (TPSA) is 42.4 Å². The van der Waals surface area contributed by atoms with E-state index in [4.69, 9.17) is 4.74 Å². The molecule has 1 heterocycles. The van der Waals surface area contributed by atoms with Crippen LogP contribution in [0.2, 0.25) is 0 Å². The zero-order valence-electron chi connectivity index (χ0n) is 10.1. The van der Waals surface area contributed by atoms with Crippen LogP contribution < -0.4 is 0 Å². The third-order valence-electron chi connectivity index (χ3n) is 2.91. The zero-order valence-corrected chi connectivity index (χ0v) is 10.1. The predicted octanol–water partition coefficient (Wildman–Crippen LogP) is 2.69. The van der Waals surface area contributed by atoms with E-state index in [-0.39, 0.29) is 6.10 Å². The smallest absolute Gasteiger partial charge is 0.105 e. The predicted molar refractivity (Wildman–Crippen MR) is 67.8 cm³/mol. The lowest BCUT2D eigenvalue weighted by atomic mass is 9.99. The molecule has 0 aliphatic carbocycles. The van der Waals surface area contributed by atoms with Gasteiger partial charge in [-0.3, -0.25) is 4.98 Å². The molecule has 2 rings (SSSR count). The maximum Gasteiger partial charge on any atom is 0.105 e. The van der Waals surface area contributed by atoms with E-state index in [0.29, 0.717) is 6.61 Å². The molecule has 90 valence electrons. The minimum atomic E-state index is -0.610. The number of aliphatic hydroxyl groups is 1. The Labute approximate surface area is 101 Å². The highest BCUT2D eigenvalue weighted by Crippen LogP contribution is 2.26. The Hall–Kier alpha value is -1.45. The van der Waals surface area contributed by atoms with Gasteiger partial charge in [-0.05, 0) is 30.9 Å². The van der Waals surface area contributed by atoms with Gasteiger partial charge in [-0.1, -0.05) is 18.2 Å². The summed E-state index contributed by atoms with van der Waals surface area (Å²) in [5, 5.41) is 12.3. The molecule has 3 nitrogen and oxygen atoms in total. The van der Waals surface area contributed by atoms with Crippen LogP contribution in [0.4, 0.5) is 0 Å². The van der Waals surface area contributed by atoms with Gasteiger partial charge in [0.2, 0.25) is 0 Å². The summed E-state index contributed by atoms with van der Waals surface area (Å²) >= 11 is 0. The van der Waals surface area contributed by atoms with Crippen molar-refractivity contribution < 1.29 is 9.84 Å². The number of ether oxygens (including phenoxy) is 1. The summed E-state index contributed by atoms with van der Waals surface area (Å²) in [6, 6.07) is 7.78. The first kappa shape index (κ1) is 12.0. The van der Waals surface area contributed by atoms with E-state index in [1.54, 1.807) is 12.4 Å². The first-order chi connectivity index (χ1) is 8.24. The van der Waals surface area contributed by atoms with Gasteiger partial charge in [-0.25, -0.2) is 0 Å². The SMILES string of the molecule is CCOC(C)C(O)c1cccc2cnccc12. The van der Waals surface area contributed by atoms with Crippen LogP contribution in [0.15, 0.2) is 36.7 Å². The summed E-state index contributed by atoms with van der Waals surface area (Å²) in [6.45, 7) is 4.41. The first-order valence-corrected chi connectivity index (χ1v) is 5.86. The average molecular weight is 231 g/mol.